The fourth-order valence-corrected chi connectivity index (χ4v) is 5.38. The molecule has 0 fully saturated rings. The normalized spacial score (nSPS) is 12.4. The number of ether oxygens (including phenoxy) is 12. The van der Waals surface area contributed by atoms with Gasteiger partial charge in [0.1, 0.15) is 18.8 Å². The first-order valence-electron chi connectivity index (χ1n) is 19.4. The third-order valence-corrected chi connectivity index (χ3v) is 7.85. The second-order valence-electron chi connectivity index (χ2n) is 13.4. The zero-order valence-electron chi connectivity index (χ0n) is 33.5. The Bertz CT molecular complexity index is 1280. The monoisotopic (exact) mass is 793 g/mol. The quantitative estimate of drug-likeness (QED) is 0.0801. The van der Waals surface area contributed by atoms with Crippen LogP contribution in [-0.4, -0.2) is 163 Å². The second-order valence-corrected chi connectivity index (χ2v) is 13.4. The fourth-order valence-electron chi connectivity index (χ4n) is 5.38. The van der Waals surface area contributed by atoms with Crippen molar-refractivity contribution in [1.82, 2.24) is 5.32 Å². The molecule has 0 aromatic heterocycles. The Kier molecular flexibility index (Phi) is 25.2. The van der Waals surface area contributed by atoms with Crippen LogP contribution in [0.15, 0.2) is 48.5 Å². The molecule has 0 heterocycles. The molecular weight excluding hydrogens is 730 g/mol. The number of esters is 1. The lowest BCUT2D eigenvalue weighted by molar-refractivity contribution is -0.160. The van der Waals surface area contributed by atoms with Gasteiger partial charge >= 0.3 is 12.1 Å². The minimum absolute atomic E-state index is 0.0327. The number of hydrogen-bond acceptors (Lipinski definition) is 14. The summed E-state index contributed by atoms with van der Waals surface area (Å²) in [4.78, 5) is 23.8. The van der Waals surface area contributed by atoms with Gasteiger partial charge in [-0.2, -0.15) is 0 Å². The molecule has 0 aliphatic heterocycles. The van der Waals surface area contributed by atoms with Gasteiger partial charge in [-0.3, -0.25) is 0 Å². The summed E-state index contributed by atoms with van der Waals surface area (Å²) in [6, 6.07) is 16.5. The third-order valence-electron chi connectivity index (χ3n) is 7.85. The van der Waals surface area contributed by atoms with Gasteiger partial charge in [0.15, 0.2) is 0 Å². The van der Waals surface area contributed by atoms with E-state index in [4.69, 9.17) is 56.8 Å². The summed E-state index contributed by atoms with van der Waals surface area (Å²) in [7, 11) is 0. The van der Waals surface area contributed by atoms with Crippen molar-refractivity contribution < 1.29 is 66.4 Å². The Morgan fingerprint density at radius 1 is 0.500 bits per heavy atom. The summed E-state index contributed by atoms with van der Waals surface area (Å²) < 4.78 is 65.2. The van der Waals surface area contributed by atoms with Crippen LogP contribution in [0, 0.1) is 0 Å². The summed E-state index contributed by atoms with van der Waals surface area (Å²) in [5.41, 5.74) is 4.24. The molecule has 0 unspecified atom stereocenters. The van der Waals surface area contributed by atoms with Gasteiger partial charge in [0, 0.05) is 12.5 Å². The highest BCUT2D eigenvalue weighted by Gasteiger charge is 2.29. The smallest absolute Gasteiger partial charge is 0.407 e. The molecule has 2 aromatic carbocycles. The molecule has 1 aliphatic carbocycles. The molecule has 1 aliphatic rings. The maximum Gasteiger partial charge on any atom is 0.407 e. The summed E-state index contributed by atoms with van der Waals surface area (Å²) in [6.45, 7) is 14.4. The summed E-state index contributed by atoms with van der Waals surface area (Å²) in [6.07, 6.45) is -0.457. The van der Waals surface area contributed by atoms with Crippen molar-refractivity contribution in [1.29, 1.82) is 0 Å². The zero-order valence-corrected chi connectivity index (χ0v) is 33.5. The van der Waals surface area contributed by atoms with E-state index < -0.39 is 17.7 Å². The number of nitrogens with one attached hydrogen (secondary N) is 1. The average Bonchev–Trinajstić information content (AvgIpc) is 3.50. The standard InChI is InChI=1S/C41H63NO14/c1-41(2,3)56-39(43)33-54-31-30-53-29-28-52-27-26-51-25-24-50-23-22-49-21-20-48-19-18-47-17-16-46-15-14-45-13-12-42-40(44)55-32-38-36-10-6-4-8-34(36)35-9-5-7-11-37(35)38/h4-11,38H,12-33H2,1-3H3,(H,42,44). The van der Waals surface area contributed by atoms with E-state index in [2.05, 4.69) is 29.6 Å². The van der Waals surface area contributed by atoms with Gasteiger partial charge in [-0.1, -0.05) is 48.5 Å². The van der Waals surface area contributed by atoms with E-state index in [1.54, 1.807) is 0 Å². The number of carbonyl (C=O) groups is 2. The first-order valence-corrected chi connectivity index (χ1v) is 19.4. The van der Waals surface area contributed by atoms with Gasteiger partial charge in [0.25, 0.3) is 0 Å². The van der Waals surface area contributed by atoms with Crippen molar-refractivity contribution in [2.75, 3.05) is 145 Å². The second kappa shape index (κ2) is 29.9. The molecule has 3 rings (SSSR count). The van der Waals surface area contributed by atoms with Crippen LogP contribution in [-0.2, 0) is 61.6 Å². The molecule has 15 nitrogen and oxygen atoms in total. The van der Waals surface area contributed by atoms with Crippen LogP contribution in [0.25, 0.3) is 11.1 Å². The maximum atomic E-state index is 12.2. The van der Waals surface area contributed by atoms with Crippen LogP contribution in [0.1, 0.15) is 37.8 Å². The van der Waals surface area contributed by atoms with Crippen molar-refractivity contribution in [3.8, 4) is 11.1 Å². The van der Waals surface area contributed by atoms with Crippen molar-refractivity contribution >= 4 is 12.1 Å². The molecule has 0 radical (unpaired) electrons. The van der Waals surface area contributed by atoms with Crippen LogP contribution < -0.4 is 5.32 Å². The Balaban J connectivity index is 0.949. The number of hydrogen-bond donors (Lipinski definition) is 1. The molecule has 1 amide bonds. The van der Waals surface area contributed by atoms with Gasteiger partial charge in [-0.15, -0.1) is 0 Å². The van der Waals surface area contributed by atoms with Crippen molar-refractivity contribution in [2.45, 2.75) is 32.3 Å². The molecule has 0 saturated carbocycles. The largest absolute Gasteiger partial charge is 0.458 e. The Labute approximate surface area is 331 Å². The van der Waals surface area contributed by atoms with Crippen molar-refractivity contribution in [3.05, 3.63) is 59.7 Å². The molecule has 0 saturated heterocycles. The first kappa shape index (κ1) is 47.2. The molecular formula is C41H63NO14. The number of carbonyl (C=O) groups excluding carboxylic acids is 2. The van der Waals surface area contributed by atoms with Crippen molar-refractivity contribution in [3.63, 3.8) is 0 Å². The van der Waals surface area contributed by atoms with Gasteiger partial charge in [-0.25, -0.2) is 9.59 Å². The number of alkyl carbamates (subject to hydrolysis) is 1. The maximum absolute atomic E-state index is 12.2. The highest BCUT2D eigenvalue weighted by Crippen LogP contribution is 2.44. The van der Waals surface area contributed by atoms with E-state index >= 15 is 0 Å². The van der Waals surface area contributed by atoms with Crippen LogP contribution in [0.3, 0.4) is 0 Å². The highest BCUT2D eigenvalue weighted by molar-refractivity contribution is 5.79. The van der Waals surface area contributed by atoms with E-state index in [1.165, 1.54) is 22.3 Å². The molecule has 2 aromatic rings. The van der Waals surface area contributed by atoms with E-state index in [0.29, 0.717) is 132 Å². The van der Waals surface area contributed by atoms with Crippen LogP contribution in [0.2, 0.25) is 0 Å². The third kappa shape index (κ3) is 21.9. The summed E-state index contributed by atoms with van der Waals surface area (Å²) >= 11 is 0. The first-order chi connectivity index (χ1) is 27.3. The van der Waals surface area contributed by atoms with Crippen LogP contribution in [0.5, 0.6) is 0 Å². The topological polar surface area (TPSA) is 157 Å². The molecule has 0 bridgehead atoms. The van der Waals surface area contributed by atoms with E-state index in [9.17, 15) is 9.59 Å². The Morgan fingerprint density at radius 3 is 1.21 bits per heavy atom. The van der Waals surface area contributed by atoms with E-state index in [-0.39, 0.29) is 19.1 Å². The van der Waals surface area contributed by atoms with Crippen molar-refractivity contribution in [2.24, 2.45) is 0 Å². The van der Waals surface area contributed by atoms with Gasteiger partial charge < -0.3 is 62.2 Å². The Hall–Kier alpha value is -3.22. The number of rotatable bonds is 34. The zero-order chi connectivity index (χ0) is 39.9. The highest BCUT2D eigenvalue weighted by atomic mass is 16.6. The SMILES string of the molecule is CC(C)(C)OC(=O)COCCOCCOCCOCCOCCOCCOCCOCCOCCOCCNC(=O)OCC1c2ccccc2-c2ccccc21. The molecule has 1 N–H and O–H groups in total. The molecule has 0 spiro atoms. The molecule has 56 heavy (non-hydrogen) atoms. The van der Waals surface area contributed by atoms with Gasteiger partial charge in [0.05, 0.1) is 126 Å². The molecule has 0 atom stereocenters. The molecule has 15 heteroatoms. The number of benzene rings is 2. The van der Waals surface area contributed by atoms with Gasteiger partial charge in [0.2, 0.25) is 0 Å². The summed E-state index contributed by atoms with van der Waals surface area (Å²) in [5.74, 6) is -0.358. The van der Waals surface area contributed by atoms with Crippen LogP contribution in [0.4, 0.5) is 4.79 Å². The summed E-state index contributed by atoms with van der Waals surface area (Å²) in [5, 5.41) is 2.74. The number of amides is 1. The van der Waals surface area contributed by atoms with Crippen LogP contribution >= 0.6 is 0 Å². The predicted octanol–water partition coefficient (Wildman–Crippen LogP) is 4.03. The fraction of sp³-hybridized carbons (Fsp3) is 0.659. The van der Waals surface area contributed by atoms with E-state index in [0.717, 1.165) is 0 Å². The predicted molar refractivity (Wildman–Crippen MR) is 207 cm³/mol. The van der Waals surface area contributed by atoms with Gasteiger partial charge in [-0.05, 0) is 43.0 Å². The average molecular weight is 794 g/mol. The molecule has 316 valence electrons. The minimum atomic E-state index is -0.517. The lowest BCUT2D eigenvalue weighted by Crippen LogP contribution is -2.29. The number of fused-ring (bicyclic) bond motifs is 3. The Morgan fingerprint density at radius 2 is 0.839 bits per heavy atom. The minimum Gasteiger partial charge on any atom is -0.458 e. The lowest BCUT2D eigenvalue weighted by Gasteiger charge is -2.19. The van der Waals surface area contributed by atoms with E-state index in [1.807, 2.05) is 45.0 Å². The lowest BCUT2D eigenvalue weighted by atomic mass is 9.98.